The average Bonchev–Trinajstić information content (AvgIpc) is 2.74. The number of aryl methyl sites for hydroxylation is 2. The van der Waals surface area contributed by atoms with E-state index < -0.39 is 11.5 Å². The van der Waals surface area contributed by atoms with Crippen molar-refractivity contribution in [1.29, 1.82) is 0 Å². The van der Waals surface area contributed by atoms with Gasteiger partial charge in [-0.05, 0) is 62.9 Å². The molecule has 1 saturated heterocycles. The second kappa shape index (κ2) is 10.4. The Morgan fingerprint density at radius 2 is 1.91 bits per heavy atom. The highest BCUT2D eigenvalue weighted by Crippen LogP contribution is 2.33. The van der Waals surface area contributed by atoms with Gasteiger partial charge in [-0.1, -0.05) is 41.4 Å². The van der Waals surface area contributed by atoms with Crippen LogP contribution in [0.25, 0.3) is 0 Å². The van der Waals surface area contributed by atoms with Crippen LogP contribution in [0.2, 0.25) is 5.02 Å². The quantitative estimate of drug-likeness (QED) is 0.561. The Morgan fingerprint density at radius 3 is 2.50 bits per heavy atom. The van der Waals surface area contributed by atoms with Crippen molar-refractivity contribution in [3.05, 3.63) is 64.2 Å². The first-order chi connectivity index (χ1) is 15.2. The summed E-state index contributed by atoms with van der Waals surface area (Å²) in [4.78, 5) is 28.4. The third kappa shape index (κ3) is 5.81. The van der Waals surface area contributed by atoms with Crippen LogP contribution in [0.15, 0.2) is 42.5 Å². The van der Waals surface area contributed by atoms with Crippen LogP contribution in [0.4, 0.5) is 0 Å². The first kappa shape index (κ1) is 24.1. The predicted molar refractivity (Wildman–Crippen MR) is 125 cm³/mol. The number of likely N-dealkylation sites (tertiary alicyclic amines) is 1. The number of ether oxygens (including phenoxy) is 1. The van der Waals surface area contributed by atoms with Crippen molar-refractivity contribution in [3.63, 3.8) is 0 Å². The van der Waals surface area contributed by atoms with E-state index in [1.54, 1.807) is 17.0 Å². The molecule has 1 N–H and O–H groups in total. The molecule has 1 atom stereocenters. The van der Waals surface area contributed by atoms with E-state index in [1.165, 1.54) is 5.56 Å². The van der Waals surface area contributed by atoms with Gasteiger partial charge >= 0.3 is 5.97 Å². The summed E-state index contributed by atoms with van der Waals surface area (Å²) in [5.74, 6) is -0.0488. The van der Waals surface area contributed by atoms with Gasteiger partial charge in [0.25, 0.3) is 0 Å². The van der Waals surface area contributed by atoms with Crippen molar-refractivity contribution >= 4 is 23.5 Å². The molecule has 1 unspecified atom stereocenters. The van der Waals surface area contributed by atoms with Crippen LogP contribution in [0.3, 0.4) is 0 Å². The molecule has 1 amide bonds. The average molecular weight is 459 g/mol. The van der Waals surface area contributed by atoms with Gasteiger partial charge in [0.1, 0.15) is 18.0 Å². The van der Waals surface area contributed by atoms with E-state index in [0.29, 0.717) is 31.3 Å². The fraction of sp³-hybridized carbons (Fsp3) is 0.440. The SMILES string of the molecule is Cc1ccc(OCN2CCC2(C)C(=O)N(CCCC(=O)O)Cc2ccc(Cl)cc2)c(C)c1. The van der Waals surface area contributed by atoms with E-state index in [0.717, 1.165) is 29.8 Å². The standard InChI is InChI=1S/C25H31ClN2O4/c1-18-6-11-22(19(2)15-18)32-17-28-14-12-25(28,3)24(31)27(13-4-5-23(29)30)16-20-7-9-21(26)10-8-20/h6-11,15H,4-5,12-14,16-17H2,1-3H3,(H,29,30). The number of carbonyl (C=O) groups excluding carboxylic acids is 1. The number of amides is 1. The molecule has 2 aromatic rings. The fourth-order valence-corrected chi connectivity index (χ4v) is 4.11. The van der Waals surface area contributed by atoms with E-state index in [1.807, 2.05) is 49.9 Å². The highest BCUT2D eigenvalue weighted by atomic mass is 35.5. The van der Waals surface area contributed by atoms with Gasteiger partial charge in [-0.3, -0.25) is 14.5 Å². The van der Waals surface area contributed by atoms with Crippen molar-refractivity contribution in [2.75, 3.05) is 19.8 Å². The minimum Gasteiger partial charge on any atom is -0.481 e. The zero-order chi connectivity index (χ0) is 23.3. The van der Waals surface area contributed by atoms with E-state index in [4.69, 9.17) is 21.4 Å². The number of carboxylic acid groups (broad SMARTS) is 1. The lowest BCUT2D eigenvalue weighted by Gasteiger charge is -2.50. The summed E-state index contributed by atoms with van der Waals surface area (Å²) in [7, 11) is 0. The van der Waals surface area contributed by atoms with Crippen LogP contribution in [0.1, 0.15) is 42.9 Å². The lowest BCUT2D eigenvalue weighted by Crippen LogP contribution is -2.66. The van der Waals surface area contributed by atoms with E-state index >= 15 is 0 Å². The summed E-state index contributed by atoms with van der Waals surface area (Å²) in [5.41, 5.74) is 2.53. The number of carbonyl (C=O) groups is 2. The fourth-order valence-electron chi connectivity index (χ4n) is 3.99. The smallest absolute Gasteiger partial charge is 0.303 e. The molecule has 1 aliphatic rings. The molecular formula is C25H31ClN2O4. The first-order valence-electron chi connectivity index (χ1n) is 10.9. The van der Waals surface area contributed by atoms with Gasteiger partial charge in [0.15, 0.2) is 0 Å². The maximum Gasteiger partial charge on any atom is 0.303 e. The van der Waals surface area contributed by atoms with Crippen molar-refractivity contribution in [2.24, 2.45) is 0 Å². The lowest BCUT2D eigenvalue weighted by molar-refractivity contribution is -0.158. The Kier molecular flexibility index (Phi) is 7.80. The van der Waals surface area contributed by atoms with Crippen LogP contribution in [-0.2, 0) is 16.1 Å². The predicted octanol–water partition coefficient (Wildman–Crippen LogP) is 4.65. The van der Waals surface area contributed by atoms with Crippen LogP contribution in [-0.4, -0.2) is 52.1 Å². The van der Waals surface area contributed by atoms with Crippen molar-refractivity contribution in [3.8, 4) is 5.75 Å². The molecule has 0 bridgehead atoms. The largest absolute Gasteiger partial charge is 0.481 e. The summed E-state index contributed by atoms with van der Waals surface area (Å²) in [6.45, 7) is 7.90. The molecule has 2 aromatic carbocycles. The molecule has 3 rings (SSSR count). The Morgan fingerprint density at radius 1 is 1.19 bits per heavy atom. The van der Waals surface area contributed by atoms with Crippen molar-refractivity contribution in [1.82, 2.24) is 9.80 Å². The Balaban J connectivity index is 1.69. The Bertz CT molecular complexity index is 963. The molecular weight excluding hydrogens is 428 g/mol. The minimum absolute atomic E-state index is 0.00619. The molecule has 7 heteroatoms. The van der Waals surface area contributed by atoms with Crippen molar-refractivity contribution < 1.29 is 19.4 Å². The van der Waals surface area contributed by atoms with Crippen LogP contribution in [0.5, 0.6) is 5.75 Å². The molecule has 1 aliphatic heterocycles. The molecule has 32 heavy (non-hydrogen) atoms. The monoisotopic (exact) mass is 458 g/mol. The normalized spacial score (nSPS) is 18.1. The number of rotatable bonds is 10. The summed E-state index contributed by atoms with van der Waals surface area (Å²) in [5, 5.41) is 9.66. The number of hydrogen-bond donors (Lipinski definition) is 1. The second-order valence-electron chi connectivity index (χ2n) is 8.68. The Hall–Kier alpha value is -2.57. The summed E-state index contributed by atoms with van der Waals surface area (Å²) in [6, 6.07) is 13.4. The molecule has 0 radical (unpaired) electrons. The van der Waals surface area contributed by atoms with Gasteiger partial charge < -0.3 is 14.7 Å². The summed E-state index contributed by atoms with van der Waals surface area (Å²) < 4.78 is 6.03. The van der Waals surface area contributed by atoms with E-state index in [9.17, 15) is 9.59 Å². The molecule has 1 fully saturated rings. The van der Waals surface area contributed by atoms with Gasteiger partial charge in [-0.2, -0.15) is 0 Å². The van der Waals surface area contributed by atoms with Crippen LogP contribution >= 0.6 is 11.6 Å². The third-order valence-corrected chi connectivity index (χ3v) is 6.38. The molecule has 1 heterocycles. The third-order valence-electron chi connectivity index (χ3n) is 6.13. The van der Waals surface area contributed by atoms with Gasteiger partial charge in [0.2, 0.25) is 5.91 Å². The maximum absolute atomic E-state index is 13.6. The van der Waals surface area contributed by atoms with Crippen LogP contribution in [0, 0.1) is 13.8 Å². The van der Waals surface area contributed by atoms with Gasteiger partial charge in [-0.15, -0.1) is 0 Å². The number of carboxylic acids is 1. The second-order valence-corrected chi connectivity index (χ2v) is 9.12. The summed E-state index contributed by atoms with van der Waals surface area (Å²) >= 11 is 5.99. The van der Waals surface area contributed by atoms with Crippen molar-refractivity contribution in [2.45, 2.75) is 52.1 Å². The maximum atomic E-state index is 13.6. The minimum atomic E-state index is -0.859. The zero-order valence-corrected chi connectivity index (χ0v) is 19.7. The highest BCUT2D eigenvalue weighted by Gasteiger charge is 2.49. The number of hydrogen-bond acceptors (Lipinski definition) is 4. The van der Waals surface area contributed by atoms with Crippen LogP contribution < -0.4 is 4.74 Å². The molecule has 6 nitrogen and oxygen atoms in total. The highest BCUT2D eigenvalue weighted by molar-refractivity contribution is 6.30. The lowest BCUT2D eigenvalue weighted by atomic mass is 9.85. The van der Waals surface area contributed by atoms with Gasteiger partial charge in [0, 0.05) is 31.1 Å². The van der Waals surface area contributed by atoms with E-state index in [-0.39, 0.29) is 12.3 Å². The van der Waals surface area contributed by atoms with Gasteiger partial charge in [-0.25, -0.2) is 0 Å². The molecule has 0 aliphatic carbocycles. The zero-order valence-electron chi connectivity index (χ0n) is 18.9. The van der Waals surface area contributed by atoms with Gasteiger partial charge in [0.05, 0.1) is 0 Å². The molecule has 0 spiro atoms. The Labute approximate surface area is 194 Å². The first-order valence-corrected chi connectivity index (χ1v) is 11.3. The molecule has 0 saturated carbocycles. The number of halogens is 1. The number of aliphatic carboxylic acids is 1. The topological polar surface area (TPSA) is 70.1 Å². The molecule has 0 aromatic heterocycles. The summed E-state index contributed by atoms with van der Waals surface area (Å²) in [6.07, 6.45) is 1.17. The molecule has 172 valence electrons. The number of benzene rings is 2. The number of nitrogens with zero attached hydrogens (tertiary/aromatic N) is 2. The van der Waals surface area contributed by atoms with E-state index in [2.05, 4.69) is 6.07 Å².